The Morgan fingerprint density at radius 3 is 2.71 bits per heavy atom. The van der Waals surface area contributed by atoms with E-state index < -0.39 is 0 Å². The lowest BCUT2D eigenvalue weighted by atomic mass is 9.50. The second kappa shape index (κ2) is 7.74. The van der Waals surface area contributed by atoms with Crippen molar-refractivity contribution in [3.8, 4) is 11.8 Å². The molecule has 5 nitrogen and oxygen atoms in total. The van der Waals surface area contributed by atoms with Gasteiger partial charge in [0.15, 0.2) is 0 Å². The van der Waals surface area contributed by atoms with Crippen LogP contribution in [0.3, 0.4) is 0 Å². The topological polar surface area (TPSA) is 69.6 Å². The van der Waals surface area contributed by atoms with Crippen molar-refractivity contribution in [3.05, 3.63) is 48.0 Å². The number of benzene rings is 2. The van der Waals surface area contributed by atoms with Crippen LogP contribution in [0.25, 0.3) is 0 Å². The maximum absolute atomic E-state index is 13.2. The van der Waals surface area contributed by atoms with Crippen LogP contribution in [0.15, 0.2) is 52.3 Å². The van der Waals surface area contributed by atoms with Gasteiger partial charge in [0.25, 0.3) is 5.91 Å². The summed E-state index contributed by atoms with van der Waals surface area (Å²) in [5.74, 6) is 5.86. The third-order valence-electron chi connectivity index (χ3n) is 6.58. The van der Waals surface area contributed by atoms with Crippen molar-refractivity contribution in [2.24, 2.45) is 11.3 Å². The number of rotatable bonds is 3. The summed E-state index contributed by atoms with van der Waals surface area (Å²) in [6, 6.07) is 13.3. The summed E-state index contributed by atoms with van der Waals surface area (Å²) >= 11 is 1.54. The van der Waals surface area contributed by atoms with E-state index in [1.165, 1.54) is 11.8 Å². The third-order valence-corrected chi connectivity index (χ3v) is 7.70. The van der Waals surface area contributed by atoms with Crippen LogP contribution in [0.5, 0.6) is 0 Å². The predicted molar refractivity (Wildman–Crippen MR) is 121 cm³/mol. The van der Waals surface area contributed by atoms with E-state index in [0.717, 1.165) is 46.8 Å². The van der Waals surface area contributed by atoms with Gasteiger partial charge in [-0.3, -0.25) is 14.5 Å². The molecule has 2 amide bonds. The summed E-state index contributed by atoms with van der Waals surface area (Å²) in [7, 11) is 0. The van der Waals surface area contributed by atoms with Crippen LogP contribution in [-0.4, -0.2) is 29.6 Å². The highest BCUT2D eigenvalue weighted by molar-refractivity contribution is 7.99. The molecule has 2 aromatic rings. The Morgan fingerprint density at radius 1 is 1.19 bits per heavy atom. The van der Waals surface area contributed by atoms with Gasteiger partial charge in [0.2, 0.25) is 5.91 Å². The molecule has 3 aliphatic rings. The van der Waals surface area contributed by atoms with Crippen molar-refractivity contribution in [3.63, 3.8) is 0 Å². The number of carbonyl (C=O) groups is 2. The summed E-state index contributed by atoms with van der Waals surface area (Å²) in [6.07, 6.45) is 3.20. The number of amides is 2. The molecule has 2 aromatic carbocycles. The first-order chi connectivity index (χ1) is 15.0. The Balaban J connectivity index is 1.38. The van der Waals surface area contributed by atoms with Gasteiger partial charge >= 0.3 is 0 Å². The molecule has 0 bridgehead atoms. The Hall–Kier alpha value is -2.75. The van der Waals surface area contributed by atoms with Gasteiger partial charge in [0, 0.05) is 21.4 Å². The second-order valence-corrected chi connectivity index (χ2v) is 9.84. The quantitative estimate of drug-likeness (QED) is 0.709. The molecule has 2 N–H and O–H groups in total. The second-order valence-electron chi connectivity index (χ2n) is 8.76. The fourth-order valence-corrected chi connectivity index (χ4v) is 6.12. The van der Waals surface area contributed by atoms with Crippen LogP contribution in [0, 0.1) is 23.2 Å². The summed E-state index contributed by atoms with van der Waals surface area (Å²) in [6.45, 7) is 2.08. The molecule has 31 heavy (non-hydrogen) atoms. The van der Waals surface area contributed by atoms with Gasteiger partial charge in [-0.25, -0.2) is 0 Å². The molecular formula is C25H24N2O3S. The fraction of sp³-hybridized carbons (Fsp3) is 0.360. The third kappa shape index (κ3) is 3.62. The molecule has 0 radical (unpaired) electrons. The van der Waals surface area contributed by atoms with Gasteiger partial charge in [-0.05, 0) is 68.4 Å². The number of carbonyl (C=O) groups excluding carboxylic acids is 2. The van der Waals surface area contributed by atoms with Crippen molar-refractivity contribution in [2.45, 2.75) is 48.5 Å². The number of aliphatic hydroxyl groups excluding tert-OH is 1. The first-order valence-electron chi connectivity index (χ1n) is 10.6. The first-order valence-corrected chi connectivity index (χ1v) is 11.4. The molecule has 2 fully saturated rings. The Bertz CT molecular complexity index is 1120. The van der Waals surface area contributed by atoms with Crippen molar-refractivity contribution in [1.29, 1.82) is 0 Å². The molecule has 1 heterocycles. The Morgan fingerprint density at radius 2 is 1.97 bits per heavy atom. The number of anilines is 2. The van der Waals surface area contributed by atoms with E-state index in [0.29, 0.717) is 12.1 Å². The molecule has 2 aliphatic carbocycles. The molecule has 0 atom stereocenters. The summed E-state index contributed by atoms with van der Waals surface area (Å²) < 4.78 is 0. The average Bonchev–Trinajstić information content (AvgIpc) is 2.82. The SMILES string of the molecule is CC#CCN1C(=O)c2ccccc2Sc2cc(NC(=O)C3CC4(CC(O)C4)C3)ccc21. The van der Waals surface area contributed by atoms with Gasteiger partial charge in [-0.2, -0.15) is 0 Å². The van der Waals surface area contributed by atoms with Crippen LogP contribution in [-0.2, 0) is 4.79 Å². The molecule has 6 heteroatoms. The Kier molecular flexibility index (Phi) is 5.04. The monoisotopic (exact) mass is 432 g/mol. The normalized spacial score (nSPS) is 25.9. The molecule has 5 rings (SSSR count). The van der Waals surface area contributed by atoms with Gasteiger partial charge in [0.05, 0.1) is 23.9 Å². The van der Waals surface area contributed by atoms with Crippen LogP contribution in [0.1, 0.15) is 43.0 Å². The van der Waals surface area contributed by atoms with Crippen molar-refractivity contribution in [1.82, 2.24) is 0 Å². The summed E-state index contributed by atoms with van der Waals surface area (Å²) in [4.78, 5) is 29.4. The highest BCUT2D eigenvalue weighted by atomic mass is 32.2. The van der Waals surface area contributed by atoms with E-state index in [1.54, 1.807) is 11.8 Å². The molecule has 1 aliphatic heterocycles. The highest BCUT2D eigenvalue weighted by Gasteiger charge is 2.54. The van der Waals surface area contributed by atoms with Gasteiger partial charge in [-0.1, -0.05) is 29.8 Å². The van der Waals surface area contributed by atoms with E-state index in [2.05, 4.69) is 17.2 Å². The predicted octanol–water partition coefficient (Wildman–Crippen LogP) is 4.31. The standard InChI is InChI=1S/C25H24N2O3S/c1-2-3-10-27-20-9-8-17(26-23(29)16-12-25(13-16)14-18(28)15-25)11-22(20)31-21-7-5-4-6-19(21)24(27)30/h4-9,11,16,18,28H,10,12-15H2,1H3,(H,26,29). The number of fused-ring (bicyclic) bond motifs is 2. The molecule has 1 spiro atoms. The maximum Gasteiger partial charge on any atom is 0.260 e. The number of hydrogen-bond donors (Lipinski definition) is 2. The van der Waals surface area contributed by atoms with Gasteiger partial charge < -0.3 is 10.4 Å². The molecule has 0 aromatic heterocycles. The summed E-state index contributed by atoms with van der Waals surface area (Å²) in [5.41, 5.74) is 2.41. The van der Waals surface area contributed by atoms with Crippen LogP contribution < -0.4 is 10.2 Å². The number of hydrogen-bond acceptors (Lipinski definition) is 4. The minimum atomic E-state index is -0.184. The number of nitrogens with one attached hydrogen (secondary N) is 1. The van der Waals surface area contributed by atoms with E-state index in [-0.39, 0.29) is 29.3 Å². The average molecular weight is 433 g/mol. The van der Waals surface area contributed by atoms with Gasteiger partial charge in [0.1, 0.15) is 0 Å². The minimum absolute atomic E-state index is 0.0117. The van der Waals surface area contributed by atoms with Gasteiger partial charge in [-0.15, -0.1) is 5.92 Å². The fourth-order valence-electron chi connectivity index (χ4n) is 5.01. The number of aliphatic hydroxyl groups is 1. The van der Waals surface area contributed by atoms with E-state index in [9.17, 15) is 14.7 Å². The lowest BCUT2D eigenvalue weighted by Crippen LogP contribution is -2.52. The first kappa shape index (κ1) is 20.2. The molecule has 158 valence electrons. The number of nitrogens with zero attached hydrogens (tertiary/aromatic N) is 1. The molecule has 0 saturated heterocycles. The maximum atomic E-state index is 13.2. The smallest absolute Gasteiger partial charge is 0.260 e. The lowest BCUT2D eigenvalue weighted by Gasteiger charge is -2.55. The van der Waals surface area contributed by atoms with Crippen molar-refractivity contribution < 1.29 is 14.7 Å². The van der Waals surface area contributed by atoms with E-state index in [4.69, 9.17) is 0 Å². The zero-order valence-electron chi connectivity index (χ0n) is 17.4. The van der Waals surface area contributed by atoms with Crippen LogP contribution >= 0.6 is 11.8 Å². The molecule has 0 unspecified atom stereocenters. The van der Waals surface area contributed by atoms with Crippen molar-refractivity contribution in [2.75, 3.05) is 16.8 Å². The highest BCUT2D eigenvalue weighted by Crippen LogP contribution is 2.58. The largest absolute Gasteiger partial charge is 0.393 e. The molecular weight excluding hydrogens is 408 g/mol. The Labute approximate surface area is 186 Å². The summed E-state index contributed by atoms with van der Waals surface area (Å²) in [5, 5.41) is 12.6. The zero-order valence-corrected chi connectivity index (χ0v) is 18.2. The van der Waals surface area contributed by atoms with Crippen molar-refractivity contribution >= 4 is 35.0 Å². The van der Waals surface area contributed by atoms with E-state index in [1.807, 2.05) is 42.5 Å². The zero-order chi connectivity index (χ0) is 21.6. The lowest BCUT2D eigenvalue weighted by molar-refractivity contribution is -0.143. The van der Waals surface area contributed by atoms with E-state index >= 15 is 0 Å². The molecule has 2 saturated carbocycles. The van der Waals surface area contributed by atoms with Crippen LogP contribution in [0.4, 0.5) is 11.4 Å². The van der Waals surface area contributed by atoms with Crippen LogP contribution in [0.2, 0.25) is 0 Å². The minimum Gasteiger partial charge on any atom is -0.393 e.